The van der Waals surface area contributed by atoms with Gasteiger partial charge in [0.05, 0.1) is 5.69 Å². The second kappa shape index (κ2) is 7.93. The van der Waals surface area contributed by atoms with Gasteiger partial charge >= 0.3 is 10.2 Å². The van der Waals surface area contributed by atoms with Crippen molar-refractivity contribution in [2.75, 3.05) is 24.9 Å². The zero-order chi connectivity index (χ0) is 16.0. The maximum Gasteiger partial charge on any atom is 0.301 e. The molecule has 0 heterocycles. The van der Waals surface area contributed by atoms with Crippen LogP contribution in [0.15, 0.2) is 18.2 Å². The standard InChI is InChI=1S/C13H21ClFN3O2S/c1-10(2)16-7-4-8-18(3)21(19,20)17-13-6-5-11(14)9-12(13)15/h5-6,9-10,16-17H,4,7-8H2,1-3H3. The van der Waals surface area contributed by atoms with E-state index in [9.17, 15) is 12.8 Å². The molecule has 0 bridgehead atoms. The third kappa shape index (κ3) is 6.17. The van der Waals surface area contributed by atoms with Crippen molar-refractivity contribution in [2.45, 2.75) is 26.3 Å². The maximum absolute atomic E-state index is 13.6. The lowest BCUT2D eigenvalue weighted by Crippen LogP contribution is -2.35. The number of anilines is 1. The molecule has 0 saturated carbocycles. The highest BCUT2D eigenvalue weighted by molar-refractivity contribution is 7.90. The van der Waals surface area contributed by atoms with Crippen molar-refractivity contribution in [2.24, 2.45) is 0 Å². The summed E-state index contributed by atoms with van der Waals surface area (Å²) < 4.78 is 41.1. The van der Waals surface area contributed by atoms with Gasteiger partial charge in [0.15, 0.2) is 0 Å². The van der Waals surface area contributed by atoms with Crippen LogP contribution in [-0.2, 0) is 10.2 Å². The highest BCUT2D eigenvalue weighted by atomic mass is 35.5. The summed E-state index contributed by atoms with van der Waals surface area (Å²) in [5.41, 5.74) is -0.119. The van der Waals surface area contributed by atoms with Gasteiger partial charge in [-0.05, 0) is 31.2 Å². The van der Waals surface area contributed by atoms with Crippen LogP contribution >= 0.6 is 11.6 Å². The summed E-state index contributed by atoms with van der Waals surface area (Å²) in [5, 5.41) is 3.41. The van der Waals surface area contributed by atoms with E-state index in [1.54, 1.807) is 0 Å². The molecule has 0 saturated heterocycles. The molecule has 0 aliphatic heterocycles. The highest BCUT2D eigenvalue weighted by Crippen LogP contribution is 2.20. The molecule has 0 fully saturated rings. The van der Waals surface area contributed by atoms with Crippen LogP contribution in [0.3, 0.4) is 0 Å². The summed E-state index contributed by atoms with van der Waals surface area (Å²) in [7, 11) is -2.33. The van der Waals surface area contributed by atoms with Crippen molar-refractivity contribution in [3.63, 3.8) is 0 Å². The summed E-state index contributed by atoms with van der Waals surface area (Å²) in [6.07, 6.45) is 0.665. The number of nitrogens with zero attached hydrogens (tertiary/aromatic N) is 1. The van der Waals surface area contributed by atoms with Gasteiger partial charge in [-0.2, -0.15) is 12.7 Å². The molecule has 0 amide bonds. The second-order valence-corrected chi connectivity index (χ2v) is 7.23. The highest BCUT2D eigenvalue weighted by Gasteiger charge is 2.18. The van der Waals surface area contributed by atoms with Crippen molar-refractivity contribution in [3.8, 4) is 0 Å². The zero-order valence-corrected chi connectivity index (χ0v) is 13.9. The number of rotatable bonds is 8. The Kier molecular flexibility index (Phi) is 6.86. The molecule has 5 nitrogen and oxygen atoms in total. The molecule has 0 radical (unpaired) electrons. The van der Waals surface area contributed by atoms with Crippen molar-refractivity contribution in [3.05, 3.63) is 29.0 Å². The Labute approximate surface area is 130 Å². The van der Waals surface area contributed by atoms with Gasteiger partial charge in [0.2, 0.25) is 0 Å². The van der Waals surface area contributed by atoms with Crippen LogP contribution in [0.1, 0.15) is 20.3 Å². The molecule has 0 atom stereocenters. The van der Waals surface area contributed by atoms with E-state index in [1.807, 2.05) is 13.8 Å². The monoisotopic (exact) mass is 337 g/mol. The molecule has 21 heavy (non-hydrogen) atoms. The minimum Gasteiger partial charge on any atom is -0.314 e. The van der Waals surface area contributed by atoms with Crippen LogP contribution < -0.4 is 10.0 Å². The number of hydrogen-bond acceptors (Lipinski definition) is 3. The van der Waals surface area contributed by atoms with Crippen LogP contribution in [-0.4, -0.2) is 38.9 Å². The van der Waals surface area contributed by atoms with Gasteiger partial charge in [0.1, 0.15) is 5.82 Å². The Morgan fingerprint density at radius 1 is 1.38 bits per heavy atom. The van der Waals surface area contributed by atoms with E-state index in [0.717, 1.165) is 10.4 Å². The SMILES string of the molecule is CC(C)NCCCN(C)S(=O)(=O)Nc1ccc(Cl)cc1F. The lowest BCUT2D eigenvalue weighted by atomic mass is 10.3. The lowest BCUT2D eigenvalue weighted by molar-refractivity contribution is 0.451. The van der Waals surface area contributed by atoms with Gasteiger partial charge in [0.25, 0.3) is 0 Å². The Morgan fingerprint density at radius 2 is 2.05 bits per heavy atom. The lowest BCUT2D eigenvalue weighted by Gasteiger charge is -2.19. The van der Waals surface area contributed by atoms with E-state index in [0.29, 0.717) is 25.6 Å². The summed E-state index contributed by atoms with van der Waals surface area (Å²) in [6, 6.07) is 4.14. The fraction of sp³-hybridized carbons (Fsp3) is 0.538. The van der Waals surface area contributed by atoms with Crippen molar-refractivity contribution >= 4 is 27.5 Å². The van der Waals surface area contributed by atoms with Crippen LogP contribution in [0.5, 0.6) is 0 Å². The average Bonchev–Trinajstić information content (AvgIpc) is 2.37. The fourth-order valence-corrected chi connectivity index (χ4v) is 2.73. The summed E-state index contributed by atoms with van der Waals surface area (Å²) in [5.74, 6) is -0.707. The first-order valence-corrected chi connectivity index (χ1v) is 8.46. The molecule has 1 rings (SSSR count). The smallest absolute Gasteiger partial charge is 0.301 e. The third-order valence-corrected chi connectivity index (χ3v) is 4.50. The molecule has 0 aliphatic rings. The number of nitrogens with one attached hydrogen (secondary N) is 2. The number of hydrogen-bond donors (Lipinski definition) is 2. The van der Waals surface area contributed by atoms with Gasteiger partial charge in [-0.25, -0.2) is 4.39 Å². The van der Waals surface area contributed by atoms with E-state index in [-0.39, 0.29) is 10.7 Å². The normalized spacial score (nSPS) is 12.1. The molecule has 1 aromatic rings. The largest absolute Gasteiger partial charge is 0.314 e. The molecule has 2 N–H and O–H groups in total. The van der Waals surface area contributed by atoms with Crippen molar-refractivity contribution in [1.82, 2.24) is 9.62 Å². The van der Waals surface area contributed by atoms with E-state index >= 15 is 0 Å². The number of benzene rings is 1. The van der Waals surface area contributed by atoms with Crippen LogP contribution in [0.4, 0.5) is 10.1 Å². The van der Waals surface area contributed by atoms with Crippen molar-refractivity contribution in [1.29, 1.82) is 0 Å². The summed E-state index contributed by atoms with van der Waals surface area (Å²) in [4.78, 5) is 0. The predicted molar refractivity (Wildman–Crippen MR) is 84.3 cm³/mol. The van der Waals surface area contributed by atoms with E-state index in [1.165, 1.54) is 19.2 Å². The van der Waals surface area contributed by atoms with E-state index in [2.05, 4.69) is 10.0 Å². The molecule has 120 valence electrons. The second-order valence-electron chi connectivity index (χ2n) is 5.02. The topological polar surface area (TPSA) is 61.4 Å². The minimum absolute atomic E-state index is 0.119. The first kappa shape index (κ1) is 18.2. The van der Waals surface area contributed by atoms with Gasteiger partial charge in [-0.3, -0.25) is 4.72 Å². The molecule has 0 unspecified atom stereocenters. The van der Waals surface area contributed by atoms with Crippen molar-refractivity contribution < 1.29 is 12.8 Å². The van der Waals surface area contributed by atoms with Gasteiger partial charge in [-0.1, -0.05) is 25.4 Å². The average molecular weight is 338 g/mol. The van der Waals surface area contributed by atoms with Crippen LogP contribution in [0, 0.1) is 5.82 Å². The zero-order valence-electron chi connectivity index (χ0n) is 12.4. The van der Waals surface area contributed by atoms with Crippen LogP contribution in [0.2, 0.25) is 5.02 Å². The van der Waals surface area contributed by atoms with Gasteiger partial charge < -0.3 is 5.32 Å². The first-order chi connectivity index (χ1) is 9.72. The Balaban J connectivity index is 2.59. The quantitative estimate of drug-likeness (QED) is 0.716. The molecule has 8 heteroatoms. The summed E-state index contributed by atoms with van der Waals surface area (Å²) in [6.45, 7) is 5.09. The van der Waals surface area contributed by atoms with Crippen LogP contribution in [0.25, 0.3) is 0 Å². The third-order valence-electron chi connectivity index (χ3n) is 2.78. The molecular formula is C13H21ClFN3O2S. The fourth-order valence-electron chi connectivity index (χ4n) is 1.60. The van der Waals surface area contributed by atoms with E-state index < -0.39 is 16.0 Å². The Hall–Kier alpha value is -0.890. The first-order valence-electron chi connectivity index (χ1n) is 6.65. The summed E-state index contributed by atoms with van der Waals surface area (Å²) >= 11 is 5.63. The maximum atomic E-state index is 13.6. The molecule has 0 spiro atoms. The minimum atomic E-state index is -3.78. The predicted octanol–water partition coefficient (Wildman–Crippen LogP) is 2.46. The molecule has 0 aromatic heterocycles. The molecule has 1 aromatic carbocycles. The van der Waals surface area contributed by atoms with Gasteiger partial charge in [-0.15, -0.1) is 0 Å². The van der Waals surface area contributed by atoms with E-state index in [4.69, 9.17) is 11.6 Å². The van der Waals surface area contributed by atoms with Gasteiger partial charge in [0, 0.05) is 24.7 Å². The number of halogens is 2. The Morgan fingerprint density at radius 3 is 2.62 bits per heavy atom. The molecular weight excluding hydrogens is 317 g/mol. The molecule has 0 aliphatic carbocycles. The Bertz CT molecular complexity index is 567.